The molecule has 1 rings (SSSR count). The molecule has 0 spiro atoms. The predicted octanol–water partition coefficient (Wildman–Crippen LogP) is 1.12. The summed E-state index contributed by atoms with van der Waals surface area (Å²) in [5.41, 5.74) is 4.68. The number of alkyl halides is 2. The molecule has 0 aromatic carbocycles. The van der Waals surface area contributed by atoms with E-state index >= 15 is 0 Å². The van der Waals surface area contributed by atoms with Gasteiger partial charge in [0.25, 0.3) is 0 Å². The number of nitrogens with zero attached hydrogens (tertiary/aromatic N) is 2. The highest BCUT2D eigenvalue weighted by atomic mass is 19.3. The van der Waals surface area contributed by atoms with Gasteiger partial charge in [0.1, 0.15) is 0 Å². The Bertz CT molecular complexity index is 362. The van der Waals surface area contributed by atoms with Gasteiger partial charge in [-0.2, -0.15) is 18.6 Å². The van der Waals surface area contributed by atoms with E-state index < -0.39 is 18.2 Å². The third-order valence-corrected chi connectivity index (χ3v) is 1.75. The van der Waals surface area contributed by atoms with E-state index in [2.05, 4.69) is 5.10 Å². The van der Waals surface area contributed by atoms with Crippen molar-refractivity contribution in [1.82, 2.24) is 9.78 Å². The summed E-state index contributed by atoms with van der Waals surface area (Å²) in [5, 5.41) is 12.0. The van der Waals surface area contributed by atoms with Gasteiger partial charge in [0.15, 0.2) is 5.69 Å². The van der Waals surface area contributed by atoms with E-state index in [1.54, 1.807) is 6.92 Å². The van der Waals surface area contributed by atoms with Crippen LogP contribution in [0.4, 0.5) is 14.5 Å². The third-order valence-electron chi connectivity index (χ3n) is 1.75. The summed E-state index contributed by atoms with van der Waals surface area (Å²) in [6, 6.07) is 0. The number of hydrogen-bond acceptors (Lipinski definition) is 3. The second kappa shape index (κ2) is 3.60. The molecule has 0 aliphatic rings. The molecule has 0 radical (unpaired) electrons. The van der Waals surface area contributed by atoms with Gasteiger partial charge in [0, 0.05) is 0 Å². The highest BCUT2D eigenvalue weighted by molar-refractivity contribution is 5.92. The van der Waals surface area contributed by atoms with Gasteiger partial charge < -0.3 is 10.8 Å². The molecule has 0 atom stereocenters. The molecule has 7 heteroatoms. The number of nitrogen functional groups attached to an aromatic ring is 1. The summed E-state index contributed by atoms with van der Waals surface area (Å²) in [7, 11) is 0. The fourth-order valence-electron chi connectivity index (χ4n) is 1.11. The number of hydrogen-bond donors (Lipinski definition) is 2. The molecule has 0 amide bonds. The van der Waals surface area contributed by atoms with Gasteiger partial charge in [-0.25, -0.2) is 4.79 Å². The summed E-state index contributed by atoms with van der Waals surface area (Å²) in [6.45, 7) is -1.34. The first kappa shape index (κ1) is 10.4. The zero-order valence-electron chi connectivity index (χ0n) is 7.37. The van der Waals surface area contributed by atoms with Crippen molar-refractivity contribution in [2.75, 3.05) is 5.73 Å². The first-order valence-electron chi connectivity index (χ1n) is 3.87. The third kappa shape index (κ3) is 1.52. The van der Waals surface area contributed by atoms with Crippen LogP contribution in [0.5, 0.6) is 0 Å². The molecular formula is C7H9F2N3O2. The molecule has 0 bridgehead atoms. The minimum atomic E-state index is -3.00. The Morgan fingerprint density at radius 2 is 2.29 bits per heavy atom. The number of carboxylic acids is 1. The molecule has 5 nitrogen and oxygen atoms in total. The van der Waals surface area contributed by atoms with Gasteiger partial charge in [0.2, 0.25) is 0 Å². The first-order valence-corrected chi connectivity index (χ1v) is 3.87. The van der Waals surface area contributed by atoms with Crippen LogP contribution in [0.2, 0.25) is 0 Å². The van der Waals surface area contributed by atoms with E-state index in [1.807, 2.05) is 0 Å². The topological polar surface area (TPSA) is 81.1 Å². The van der Waals surface area contributed by atoms with Crippen LogP contribution in [0, 0.1) is 0 Å². The van der Waals surface area contributed by atoms with Gasteiger partial charge in [-0.05, 0) is 6.42 Å². The van der Waals surface area contributed by atoms with Crippen molar-refractivity contribution in [3.05, 3.63) is 11.4 Å². The zero-order chi connectivity index (χ0) is 10.9. The number of aromatic carboxylic acids is 1. The van der Waals surface area contributed by atoms with E-state index in [4.69, 9.17) is 10.8 Å². The molecule has 3 N–H and O–H groups in total. The number of rotatable bonds is 3. The summed E-state index contributed by atoms with van der Waals surface area (Å²) >= 11 is 0. The number of nitrogens with two attached hydrogens (primary N) is 1. The monoisotopic (exact) mass is 205 g/mol. The van der Waals surface area contributed by atoms with Crippen molar-refractivity contribution in [1.29, 1.82) is 0 Å². The largest absolute Gasteiger partial charge is 0.476 e. The van der Waals surface area contributed by atoms with Crippen LogP contribution < -0.4 is 5.73 Å². The summed E-state index contributed by atoms with van der Waals surface area (Å²) in [5.74, 6) is -1.50. The van der Waals surface area contributed by atoms with Crippen LogP contribution in [0.15, 0.2) is 0 Å². The van der Waals surface area contributed by atoms with Crippen molar-refractivity contribution < 1.29 is 18.7 Å². The molecule has 14 heavy (non-hydrogen) atoms. The van der Waals surface area contributed by atoms with Crippen molar-refractivity contribution in [2.45, 2.75) is 19.9 Å². The standard InChI is InChI=1S/C7H9F2N3O2/c1-2-3-4(10)5(6(13)14)12(11-3)7(8)9/h7H,2,10H2,1H3,(H,13,14). The number of aryl methyl sites for hydroxylation is 1. The molecule has 0 saturated heterocycles. The molecular weight excluding hydrogens is 196 g/mol. The smallest absolute Gasteiger partial charge is 0.356 e. The number of carbonyl (C=O) groups is 1. The normalized spacial score (nSPS) is 10.9. The number of anilines is 1. The SMILES string of the molecule is CCc1nn(C(F)F)c(C(=O)O)c1N. The molecule has 78 valence electrons. The maximum absolute atomic E-state index is 12.3. The Kier molecular flexibility index (Phi) is 2.68. The van der Waals surface area contributed by atoms with Crippen molar-refractivity contribution in [2.24, 2.45) is 0 Å². The van der Waals surface area contributed by atoms with Gasteiger partial charge in [0.05, 0.1) is 11.4 Å². The summed E-state index contributed by atoms with van der Waals surface area (Å²) < 4.78 is 24.7. The maximum atomic E-state index is 12.3. The number of aromatic nitrogens is 2. The minimum Gasteiger partial charge on any atom is -0.476 e. The van der Waals surface area contributed by atoms with E-state index in [-0.39, 0.29) is 16.1 Å². The fourth-order valence-corrected chi connectivity index (χ4v) is 1.11. The van der Waals surface area contributed by atoms with E-state index in [1.165, 1.54) is 0 Å². The minimum absolute atomic E-state index is 0.122. The Morgan fingerprint density at radius 1 is 1.71 bits per heavy atom. The molecule has 0 fully saturated rings. The summed E-state index contributed by atoms with van der Waals surface area (Å²) in [4.78, 5) is 10.6. The highest BCUT2D eigenvalue weighted by Crippen LogP contribution is 2.22. The van der Waals surface area contributed by atoms with Gasteiger partial charge in [-0.15, -0.1) is 0 Å². The second-order valence-corrected chi connectivity index (χ2v) is 2.59. The van der Waals surface area contributed by atoms with Crippen molar-refractivity contribution in [3.63, 3.8) is 0 Å². The van der Waals surface area contributed by atoms with Gasteiger partial charge in [-0.3, -0.25) is 0 Å². The Morgan fingerprint density at radius 3 is 2.57 bits per heavy atom. The molecule has 1 aromatic heterocycles. The quantitative estimate of drug-likeness (QED) is 0.774. The molecule has 0 unspecified atom stereocenters. The lowest BCUT2D eigenvalue weighted by atomic mass is 10.2. The summed E-state index contributed by atoms with van der Waals surface area (Å²) in [6.07, 6.45) is 0.311. The van der Waals surface area contributed by atoms with E-state index in [9.17, 15) is 13.6 Å². The second-order valence-electron chi connectivity index (χ2n) is 2.59. The molecule has 1 heterocycles. The average Bonchev–Trinajstić information content (AvgIpc) is 2.42. The van der Waals surface area contributed by atoms with Crippen LogP contribution in [0.25, 0.3) is 0 Å². The number of carboxylic acid groups (broad SMARTS) is 1. The van der Waals surface area contributed by atoms with E-state index in [0.717, 1.165) is 0 Å². The lowest BCUT2D eigenvalue weighted by molar-refractivity contribution is 0.0438. The lowest BCUT2D eigenvalue weighted by Crippen LogP contribution is -2.12. The van der Waals surface area contributed by atoms with Crippen LogP contribution in [0.3, 0.4) is 0 Å². The zero-order valence-corrected chi connectivity index (χ0v) is 7.37. The van der Waals surface area contributed by atoms with Crippen LogP contribution in [-0.2, 0) is 6.42 Å². The van der Waals surface area contributed by atoms with Gasteiger partial charge in [-0.1, -0.05) is 6.92 Å². The molecule has 1 aromatic rings. The maximum Gasteiger partial charge on any atom is 0.356 e. The van der Waals surface area contributed by atoms with Crippen LogP contribution in [-0.4, -0.2) is 20.9 Å². The predicted molar refractivity (Wildman–Crippen MR) is 44.2 cm³/mol. The first-order chi connectivity index (χ1) is 6.49. The molecule has 0 saturated carbocycles. The Balaban J connectivity index is 3.35. The molecule has 0 aliphatic heterocycles. The lowest BCUT2D eigenvalue weighted by Gasteiger charge is -2.01. The fraction of sp³-hybridized carbons (Fsp3) is 0.429. The highest BCUT2D eigenvalue weighted by Gasteiger charge is 2.24. The Hall–Kier alpha value is -1.66. The molecule has 0 aliphatic carbocycles. The van der Waals surface area contributed by atoms with Crippen LogP contribution in [0.1, 0.15) is 29.7 Å². The van der Waals surface area contributed by atoms with Crippen molar-refractivity contribution >= 4 is 11.7 Å². The van der Waals surface area contributed by atoms with E-state index in [0.29, 0.717) is 6.42 Å². The average molecular weight is 205 g/mol. The van der Waals surface area contributed by atoms with Crippen molar-refractivity contribution in [3.8, 4) is 0 Å². The number of halogens is 2. The van der Waals surface area contributed by atoms with Gasteiger partial charge >= 0.3 is 12.5 Å². The Labute approximate surface area is 78.1 Å². The van der Waals surface area contributed by atoms with Crippen LogP contribution >= 0.6 is 0 Å².